The lowest BCUT2D eigenvalue weighted by Crippen LogP contribution is -2.00. The lowest BCUT2D eigenvalue weighted by molar-refractivity contribution is 0.457. The molecule has 1 N–H and O–H groups in total. The van der Waals surface area contributed by atoms with E-state index < -0.39 is 0 Å². The van der Waals surface area contributed by atoms with Gasteiger partial charge in [-0.2, -0.15) is 24.9 Å². The monoisotopic (exact) mass is 925 g/mol. The lowest BCUT2D eigenvalue weighted by Gasteiger charge is -2.09. The molecule has 14 heteroatoms. The van der Waals surface area contributed by atoms with Gasteiger partial charge in [0.15, 0.2) is 17.5 Å². The second-order valence-electron chi connectivity index (χ2n) is 14.2. The molecular formula is C50H29BCl3N6O2S2. The maximum atomic E-state index is 8.97. The van der Waals surface area contributed by atoms with Gasteiger partial charge in [-0.1, -0.05) is 146 Å². The Labute approximate surface area is 389 Å². The molecule has 0 atom stereocenters. The number of nitrogens with zero attached hydrogens (tertiary/aromatic N) is 6. The van der Waals surface area contributed by atoms with E-state index in [1.165, 1.54) is 45.7 Å². The summed E-state index contributed by atoms with van der Waals surface area (Å²) in [6, 6.07) is 56.9. The number of halogens is 3. The van der Waals surface area contributed by atoms with Gasteiger partial charge in [-0.3, -0.25) is 0 Å². The van der Waals surface area contributed by atoms with Crippen molar-refractivity contribution in [2.75, 3.05) is 0 Å². The summed E-state index contributed by atoms with van der Waals surface area (Å²) < 4.78 is 10.3. The number of aromatic nitrogens is 6. The van der Waals surface area contributed by atoms with Gasteiger partial charge in [-0.05, 0) is 64.5 Å². The summed E-state index contributed by atoms with van der Waals surface area (Å²) in [6.07, 6.45) is 0. The van der Waals surface area contributed by atoms with Gasteiger partial charge in [0.05, 0.1) is 0 Å². The van der Waals surface area contributed by atoms with Crippen LogP contribution in [0.25, 0.3) is 96.1 Å². The van der Waals surface area contributed by atoms with Gasteiger partial charge in [0.25, 0.3) is 0 Å². The van der Waals surface area contributed by atoms with E-state index in [4.69, 9.17) is 49.5 Å². The zero-order valence-corrected chi connectivity index (χ0v) is 37.1. The van der Waals surface area contributed by atoms with Gasteiger partial charge < -0.3 is 9.68 Å². The molecule has 0 unspecified atom stereocenters. The van der Waals surface area contributed by atoms with E-state index in [9.17, 15) is 0 Å². The van der Waals surface area contributed by atoms with Crippen molar-refractivity contribution in [2.24, 2.45) is 0 Å². The third kappa shape index (κ3) is 8.33. The van der Waals surface area contributed by atoms with E-state index in [2.05, 4.69) is 97.7 Å². The molecule has 0 saturated heterocycles. The van der Waals surface area contributed by atoms with Crippen LogP contribution in [-0.4, -0.2) is 42.6 Å². The molecule has 0 fully saturated rings. The molecule has 12 aromatic rings. The predicted octanol–water partition coefficient (Wildman–Crippen LogP) is 14.3. The number of hydrogen-bond donors (Lipinski definition) is 1. The molecule has 0 aliphatic carbocycles. The highest BCUT2D eigenvalue weighted by atomic mass is 35.5. The SMILES string of the molecule is Clc1nc(-c2ccccc2)nc(-c2cc3c4ccccc4sc3c3ccccc23)n1.Clc1nc(Cl)nc(-c2ccccc2)n1.O[B]Oc1cc2c3ccccc3sc2c2ccccc12. The number of benzene rings is 8. The lowest BCUT2D eigenvalue weighted by atomic mass is 10.00. The van der Waals surface area contributed by atoms with Crippen LogP contribution in [0.3, 0.4) is 0 Å². The smallest absolute Gasteiger partial charge is 0.537 e. The first-order chi connectivity index (χ1) is 31.4. The molecule has 0 bridgehead atoms. The highest BCUT2D eigenvalue weighted by Gasteiger charge is 2.17. The Kier molecular flexibility index (Phi) is 11.8. The second-order valence-corrected chi connectivity index (χ2v) is 17.4. The maximum Gasteiger partial charge on any atom is 0.569 e. The minimum Gasteiger partial charge on any atom is -0.537 e. The van der Waals surface area contributed by atoms with Crippen LogP contribution in [0.5, 0.6) is 5.75 Å². The van der Waals surface area contributed by atoms with E-state index in [1.54, 1.807) is 11.3 Å². The Morgan fingerprint density at radius 1 is 0.391 bits per heavy atom. The fourth-order valence-corrected chi connectivity index (χ4v) is 10.6. The molecule has 4 heterocycles. The Morgan fingerprint density at radius 3 is 1.34 bits per heavy atom. The highest BCUT2D eigenvalue weighted by Crippen LogP contribution is 2.43. The first-order valence-corrected chi connectivity index (χ1v) is 22.6. The minimum atomic E-state index is 0.101. The van der Waals surface area contributed by atoms with Crippen molar-refractivity contribution in [3.05, 3.63) is 186 Å². The normalized spacial score (nSPS) is 11.1. The molecule has 0 saturated carbocycles. The fraction of sp³-hybridized carbons (Fsp3) is 0. The summed E-state index contributed by atoms with van der Waals surface area (Å²) in [5.74, 6) is 2.32. The summed E-state index contributed by atoms with van der Waals surface area (Å²) in [4.78, 5) is 25.2. The number of hydrogen-bond acceptors (Lipinski definition) is 10. The van der Waals surface area contributed by atoms with Crippen molar-refractivity contribution in [3.8, 4) is 39.9 Å². The molecule has 0 aliphatic rings. The van der Waals surface area contributed by atoms with Gasteiger partial charge in [0.2, 0.25) is 15.9 Å². The molecule has 12 rings (SSSR count). The van der Waals surface area contributed by atoms with Crippen molar-refractivity contribution >= 4 is 127 Å². The van der Waals surface area contributed by atoms with Crippen molar-refractivity contribution in [1.29, 1.82) is 0 Å². The Balaban J connectivity index is 0.000000123. The van der Waals surface area contributed by atoms with Crippen LogP contribution in [-0.2, 0) is 0 Å². The maximum absolute atomic E-state index is 8.97. The van der Waals surface area contributed by atoms with Crippen LogP contribution in [0.4, 0.5) is 0 Å². The van der Waals surface area contributed by atoms with Crippen LogP contribution in [0.1, 0.15) is 0 Å². The third-order valence-corrected chi connectivity index (χ3v) is 13.4. The average molecular weight is 927 g/mol. The minimum absolute atomic E-state index is 0.101. The molecule has 1 radical (unpaired) electrons. The molecule has 0 spiro atoms. The Bertz CT molecular complexity index is 3630. The molecule has 8 aromatic carbocycles. The van der Waals surface area contributed by atoms with Gasteiger partial charge >= 0.3 is 7.69 Å². The third-order valence-electron chi connectivity index (χ3n) is 10.4. The van der Waals surface area contributed by atoms with Crippen molar-refractivity contribution in [1.82, 2.24) is 29.9 Å². The average Bonchev–Trinajstić information content (AvgIpc) is 3.91. The quantitative estimate of drug-likeness (QED) is 0.170. The summed E-state index contributed by atoms with van der Waals surface area (Å²) in [6.45, 7) is 0. The van der Waals surface area contributed by atoms with Crippen LogP contribution in [0.15, 0.2) is 170 Å². The first-order valence-electron chi connectivity index (χ1n) is 19.8. The van der Waals surface area contributed by atoms with Crippen molar-refractivity contribution < 1.29 is 9.68 Å². The van der Waals surface area contributed by atoms with Crippen LogP contribution < -0.4 is 4.65 Å². The predicted molar refractivity (Wildman–Crippen MR) is 267 cm³/mol. The van der Waals surface area contributed by atoms with Gasteiger partial charge in [-0.15, -0.1) is 22.7 Å². The number of fused-ring (bicyclic) bond motifs is 10. The highest BCUT2D eigenvalue weighted by molar-refractivity contribution is 7.27. The molecule has 0 aliphatic heterocycles. The summed E-state index contributed by atoms with van der Waals surface area (Å²) in [5, 5.41) is 18.7. The summed E-state index contributed by atoms with van der Waals surface area (Å²) >= 11 is 21.2. The van der Waals surface area contributed by atoms with Gasteiger partial charge in [-0.25, -0.2) is 4.98 Å². The number of thiophene rings is 2. The second kappa shape index (κ2) is 18.3. The molecule has 8 nitrogen and oxygen atoms in total. The Hall–Kier alpha value is -6.57. The standard InChI is InChI=1S/C25H14ClN3S.C16H10BO2S.C9H5Cl2N3/c26-25-28-23(15-8-2-1-3-9-15)27-24(29-25)20-14-19-17-11-6-7-13-21(17)30-22(19)18-12-5-4-10-16(18)20;18-17-19-14-9-13-11-6-3-4-8-15(11)20-16(13)12-7-2-1-5-10(12)14;10-8-12-7(13-9(11)14-8)6-4-2-1-3-5-6/h1-14H;1-9,18H;1-5H. The molecular weight excluding hydrogens is 898 g/mol. The summed E-state index contributed by atoms with van der Waals surface area (Å²) in [5.41, 5.74) is 2.73. The van der Waals surface area contributed by atoms with E-state index in [1.807, 2.05) is 108 Å². The largest absolute Gasteiger partial charge is 0.569 e. The van der Waals surface area contributed by atoms with E-state index in [0.29, 0.717) is 23.2 Å². The van der Waals surface area contributed by atoms with E-state index >= 15 is 0 Å². The molecule has 4 aromatic heterocycles. The van der Waals surface area contributed by atoms with E-state index in [-0.39, 0.29) is 15.9 Å². The van der Waals surface area contributed by atoms with Crippen LogP contribution >= 0.6 is 57.5 Å². The molecule has 64 heavy (non-hydrogen) atoms. The number of rotatable bonds is 5. The summed E-state index contributed by atoms with van der Waals surface area (Å²) in [7, 11) is 0.738. The zero-order valence-electron chi connectivity index (χ0n) is 33.2. The van der Waals surface area contributed by atoms with Crippen molar-refractivity contribution in [2.45, 2.75) is 0 Å². The topological polar surface area (TPSA) is 107 Å². The van der Waals surface area contributed by atoms with Crippen LogP contribution in [0.2, 0.25) is 15.9 Å². The molecule has 307 valence electrons. The zero-order chi connectivity index (χ0) is 43.6. The molecule has 0 amide bonds. The van der Waals surface area contributed by atoms with Gasteiger partial charge in [0, 0.05) is 73.2 Å². The Morgan fingerprint density at radius 2 is 0.797 bits per heavy atom. The first kappa shape index (κ1) is 41.4. The van der Waals surface area contributed by atoms with E-state index in [0.717, 1.165) is 40.5 Å². The van der Waals surface area contributed by atoms with Gasteiger partial charge in [0.1, 0.15) is 5.75 Å². The van der Waals surface area contributed by atoms with Crippen LogP contribution in [0, 0.1) is 0 Å². The fourth-order valence-electron chi connectivity index (χ4n) is 7.63. The van der Waals surface area contributed by atoms with Crippen molar-refractivity contribution in [3.63, 3.8) is 0 Å².